The first-order valence-electron chi connectivity index (χ1n) is 6.67. The molecule has 1 N–H and O–H groups in total. The van der Waals surface area contributed by atoms with E-state index in [0.717, 1.165) is 0 Å². The van der Waals surface area contributed by atoms with Crippen LogP contribution in [0.3, 0.4) is 0 Å². The molecule has 0 aromatic rings. The average molecular weight is 290 g/mol. The Morgan fingerprint density at radius 3 is 2.40 bits per heavy atom. The first-order chi connectivity index (χ1) is 9.40. The van der Waals surface area contributed by atoms with Gasteiger partial charge < -0.3 is 10.2 Å². The van der Waals surface area contributed by atoms with Gasteiger partial charge in [0.1, 0.15) is 12.6 Å². The molecule has 1 atom stereocenters. The molecule has 20 heavy (non-hydrogen) atoms. The van der Waals surface area contributed by atoms with Crippen molar-refractivity contribution in [2.24, 2.45) is 4.99 Å². The lowest BCUT2D eigenvalue weighted by Crippen LogP contribution is -2.56. The van der Waals surface area contributed by atoms with Crippen molar-refractivity contribution in [3.63, 3.8) is 0 Å². The molecule has 0 amide bonds. The number of nitrogens with one attached hydrogen (secondary N) is 1. The fourth-order valence-corrected chi connectivity index (χ4v) is 2.07. The SMILES string of the molecule is C#CCN=C(NCC)N1CCN(C(C)C(F)(F)F)CC1. The van der Waals surface area contributed by atoms with E-state index in [0.29, 0.717) is 38.7 Å². The highest BCUT2D eigenvalue weighted by Crippen LogP contribution is 2.25. The molecular formula is C13H21F3N4. The van der Waals surface area contributed by atoms with Crippen LogP contribution in [0.1, 0.15) is 13.8 Å². The van der Waals surface area contributed by atoms with Gasteiger partial charge in [0, 0.05) is 32.7 Å². The number of nitrogens with zero attached hydrogens (tertiary/aromatic N) is 3. The van der Waals surface area contributed by atoms with Gasteiger partial charge in [-0.25, -0.2) is 4.99 Å². The Balaban J connectivity index is 2.58. The second-order valence-corrected chi connectivity index (χ2v) is 4.61. The molecule has 1 aliphatic rings. The molecule has 0 spiro atoms. The van der Waals surface area contributed by atoms with Crippen molar-refractivity contribution in [2.75, 3.05) is 39.3 Å². The normalized spacial score (nSPS) is 19.6. The van der Waals surface area contributed by atoms with Crippen molar-refractivity contribution < 1.29 is 13.2 Å². The average Bonchev–Trinajstić information content (AvgIpc) is 2.42. The maximum Gasteiger partial charge on any atom is 0.403 e. The number of hydrogen-bond donors (Lipinski definition) is 1. The number of aliphatic imine (C=N–C) groups is 1. The van der Waals surface area contributed by atoms with Crippen LogP contribution in [-0.4, -0.2) is 67.2 Å². The van der Waals surface area contributed by atoms with Gasteiger partial charge in [-0.1, -0.05) is 5.92 Å². The van der Waals surface area contributed by atoms with Crippen molar-refractivity contribution in [2.45, 2.75) is 26.1 Å². The lowest BCUT2D eigenvalue weighted by molar-refractivity contribution is -0.181. The van der Waals surface area contributed by atoms with Gasteiger partial charge in [0.2, 0.25) is 0 Å². The minimum Gasteiger partial charge on any atom is -0.356 e. The Morgan fingerprint density at radius 2 is 1.95 bits per heavy atom. The zero-order valence-corrected chi connectivity index (χ0v) is 11.9. The highest BCUT2D eigenvalue weighted by atomic mass is 19.4. The Labute approximate surface area is 118 Å². The van der Waals surface area contributed by atoms with E-state index >= 15 is 0 Å². The predicted octanol–water partition coefficient (Wildman–Crippen LogP) is 1.15. The minimum absolute atomic E-state index is 0.265. The number of hydrogen-bond acceptors (Lipinski definition) is 2. The van der Waals surface area contributed by atoms with Crippen LogP contribution >= 0.6 is 0 Å². The lowest BCUT2D eigenvalue weighted by atomic mass is 10.2. The molecule has 1 heterocycles. The van der Waals surface area contributed by atoms with Gasteiger partial charge in [-0.2, -0.15) is 13.2 Å². The molecule has 1 unspecified atom stereocenters. The number of halogens is 3. The third-order valence-corrected chi connectivity index (χ3v) is 3.29. The van der Waals surface area contributed by atoms with Crippen molar-refractivity contribution >= 4 is 5.96 Å². The van der Waals surface area contributed by atoms with E-state index in [-0.39, 0.29) is 6.54 Å². The molecule has 0 aromatic heterocycles. The van der Waals surface area contributed by atoms with Gasteiger partial charge in [-0.3, -0.25) is 4.90 Å². The van der Waals surface area contributed by atoms with E-state index in [1.807, 2.05) is 11.8 Å². The number of guanidine groups is 1. The van der Waals surface area contributed by atoms with E-state index in [1.54, 1.807) is 0 Å². The Morgan fingerprint density at radius 1 is 1.35 bits per heavy atom. The maximum absolute atomic E-state index is 12.7. The van der Waals surface area contributed by atoms with Crippen molar-refractivity contribution in [3.8, 4) is 12.3 Å². The van der Waals surface area contributed by atoms with Crippen LogP contribution in [0.4, 0.5) is 13.2 Å². The zero-order valence-electron chi connectivity index (χ0n) is 11.9. The summed E-state index contributed by atoms with van der Waals surface area (Å²) in [4.78, 5) is 7.62. The summed E-state index contributed by atoms with van der Waals surface area (Å²) in [5.74, 6) is 3.10. The second-order valence-electron chi connectivity index (χ2n) is 4.61. The first-order valence-corrected chi connectivity index (χ1v) is 6.67. The van der Waals surface area contributed by atoms with Gasteiger partial charge in [0.25, 0.3) is 0 Å². The van der Waals surface area contributed by atoms with Crippen LogP contribution in [0.5, 0.6) is 0 Å². The molecule has 0 saturated carbocycles. The van der Waals surface area contributed by atoms with Crippen LogP contribution in [0, 0.1) is 12.3 Å². The largest absolute Gasteiger partial charge is 0.403 e. The zero-order chi connectivity index (χ0) is 15.2. The highest BCUT2D eigenvalue weighted by Gasteiger charge is 2.40. The molecule has 1 aliphatic heterocycles. The molecule has 1 fully saturated rings. The molecule has 1 saturated heterocycles. The van der Waals surface area contributed by atoms with E-state index < -0.39 is 12.2 Å². The quantitative estimate of drug-likeness (QED) is 0.481. The Kier molecular flexibility index (Phi) is 6.14. The van der Waals surface area contributed by atoms with Crippen molar-refractivity contribution in [3.05, 3.63) is 0 Å². The fourth-order valence-electron chi connectivity index (χ4n) is 2.07. The number of alkyl halides is 3. The predicted molar refractivity (Wildman–Crippen MR) is 73.5 cm³/mol. The van der Waals surface area contributed by atoms with Gasteiger partial charge in [0.15, 0.2) is 5.96 Å². The molecule has 0 aromatic carbocycles. The highest BCUT2D eigenvalue weighted by molar-refractivity contribution is 5.80. The fraction of sp³-hybridized carbons (Fsp3) is 0.769. The van der Waals surface area contributed by atoms with Gasteiger partial charge >= 0.3 is 6.18 Å². The molecule has 7 heteroatoms. The maximum atomic E-state index is 12.7. The standard InChI is InChI=1S/C13H21F3N4/c1-4-6-18-12(17-5-2)20-9-7-19(8-10-20)11(3)13(14,15)16/h1,11H,5-10H2,2-3H3,(H,17,18). The second kappa shape index (κ2) is 7.39. The minimum atomic E-state index is -4.18. The number of terminal acetylenes is 1. The first kappa shape index (κ1) is 16.6. The Hall–Kier alpha value is -1.42. The summed E-state index contributed by atoms with van der Waals surface area (Å²) >= 11 is 0. The summed E-state index contributed by atoms with van der Waals surface area (Å²) in [6.07, 6.45) is 0.999. The lowest BCUT2D eigenvalue weighted by Gasteiger charge is -2.39. The molecule has 0 radical (unpaired) electrons. The number of rotatable bonds is 3. The summed E-state index contributed by atoms with van der Waals surface area (Å²) in [7, 11) is 0. The van der Waals surface area contributed by atoms with Crippen molar-refractivity contribution in [1.29, 1.82) is 0 Å². The van der Waals surface area contributed by atoms with E-state index in [1.165, 1.54) is 11.8 Å². The summed E-state index contributed by atoms with van der Waals surface area (Å²) in [5.41, 5.74) is 0. The topological polar surface area (TPSA) is 30.9 Å². The summed E-state index contributed by atoms with van der Waals surface area (Å²) in [6, 6.07) is -1.41. The van der Waals surface area contributed by atoms with Crippen LogP contribution < -0.4 is 5.32 Å². The van der Waals surface area contributed by atoms with Crippen LogP contribution in [-0.2, 0) is 0 Å². The van der Waals surface area contributed by atoms with E-state index in [9.17, 15) is 13.2 Å². The van der Waals surface area contributed by atoms with E-state index in [4.69, 9.17) is 6.42 Å². The van der Waals surface area contributed by atoms with Crippen molar-refractivity contribution in [1.82, 2.24) is 15.1 Å². The summed E-state index contributed by atoms with van der Waals surface area (Å²) in [6.45, 7) is 5.85. The molecule has 0 bridgehead atoms. The summed E-state index contributed by atoms with van der Waals surface area (Å²) < 4.78 is 38.0. The Bertz CT molecular complexity index is 365. The van der Waals surface area contributed by atoms with Gasteiger partial charge in [-0.15, -0.1) is 6.42 Å². The number of piperazine rings is 1. The van der Waals surface area contributed by atoms with Gasteiger partial charge in [-0.05, 0) is 13.8 Å². The smallest absolute Gasteiger partial charge is 0.356 e. The van der Waals surface area contributed by atoms with Crippen LogP contribution in [0.15, 0.2) is 4.99 Å². The third kappa shape index (κ3) is 4.60. The molecular weight excluding hydrogens is 269 g/mol. The monoisotopic (exact) mass is 290 g/mol. The molecule has 114 valence electrons. The molecule has 0 aliphatic carbocycles. The van der Waals surface area contributed by atoms with Crippen LogP contribution in [0.25, 0.3) is 0 Å². The summed E-state index contributed by atoms with van der Waals surface area (Å²) in [5, 5.41) is 3.10. The van der Waals surface area contributed by atoms with Crippen LogP contribution in [0.2, 0.25) is 0 Å². The van der Waals surface area contributed by atoms with Gasteiger partial charge in [0.05, 0.1) is 0 Å². The van der Waals surface area contributed by atoms with E-state index in [2.05, 4.69) is 16.2 Å². The third-order valence-electron chi connectivity index (χ3n) is 3.29. The molecule has 4 nitrogen and oxygen atoms in total. The molecule has 1 rings (SSSR count).